The molecule has 0 saturated carbocycles. The number of aliphatic hydroxyl groups is 1. The SMILES string of the molecule is C=CCCC(O)CN(CCN(C(C)C(=O)[O-])C(C)C(=O)[O-])C(C)C(=O)[O-].[Na+].[Na+].[Na+]. The summed E-state index contributed by atoms with van der Waals surface area (Å²) in [6.45, 7) is 7.43. The zero-order valence-electron chi connectivity index (χ0n) is 18.4. The van der Waals surface area contributed by atoms with E-state index in [1.807, 2.05) is 0 Å². The number of hydrogen-bond acceptors (Lipinski definition) is 9. The molecule has 0 amide bonds. The van der Waals surface area contributed by atoms with Crippen LogP contribution in [0.5, 0.6) is 0 Å². The molecule has 0 fully saturated rings. The Bertz CT molecular complexity index is 491. The average molecular weight is 440 g/mol. The number of rotatable bonds is 14. The molecule has 0 bridgehead atoms. The number of hydrogen-bond donors (Lipinski definition) is 1. The summed E-state index contributed by atoms with van der Waals surface area (Å²) in [4.78, 5) is 36.0. The van der Waals surface area contributed by atoms with Crippen LogP contribution in [0, 0.1) is 0 Å². The Morgan fingerprint density at radius 2 is 1.31 bits per heavy atom. The molecule has 0 heterocycles. The summed E-state index contributed by atoms with van der Waals surface area (Å²) in [7, 11) is 0. The van der Waals surface area contributed by atoms with Crippen LogP contribution in [0.4, 0.5) is 0 Å². The third-order valence-corrected chi connectivity index (χ3v) is 4.36. The molecule has 0 radical (unpaired) electrons. The van der Waals surface area contributed by atoms with Crippen LogP contribution in [-0.2, 0) is 14.4 Å². The van der Waals surface area contributed by atoms with Crippen molar-refractivity contribution in [3.63, 3.8) is 0 Å². The minimum Gasteiger partial charge on any atom is -0.548 e. The minimum absolute atomic E-state index is 0. The van der Waals surface area contributed by atoms with E-state index in [0.29, 0.717) is 12.8 Å². The van der Waals surface area contributed by atoms with Crippen LogP contribution in [0.1, 0.15) is 33.6 Å². The second kappa shape index (κ2) is 19.7. The van der Waals surface area contributed by atoms with E-state index in [9.17, 15) is 34.8 Å². The van der Waals surface area contributed by atoms with E-state index < -0.39 is 42.1 Å². The van der Waals surface area contributed by atoms with Gasteiger partial charge in [0.25, 0.3) is 0 Å². The molecule has 12 heteroatoms. The predicted octanol–water partition coefficient (Wildman–Crippen LogP) is -12.7. The fourth-order valence-electron chi connectivity index (χ4n) is 2.50. The van der Waals surface area contributed by atoms with Crippen molar-refractivity contribution in [1.29, 1.82) is 0 Å². The molecule has 0 aromatic carbocycles. The molecular weight excluding hydrogens is 413 g/mol. The maximum atomic E-state index is 11.2. The van der Waals surface area contributed by atoms with Gasteiger partial charge >= 0.3 is 88.7 Å². The molecule has 0 rings (SSSR count). The molecule has 9 nitrogen and oxygen atoms in total. The number of carboxylic acids is 3. The van der Waals surface area contributed by atoms with Gasteiger partial charge in [0.15, 0.2) is 0 Å². The summed E-state index contributed by atoms with van der Waals surface area (Å²) < 4.78 is 0. The number of aliphatic carboxylic acids is 3. The topological polar surface area (TPSA) is 147 Å². The number of nitrogens with zero attached hydrogens (tertiary/aromatic N) is 2. The van der Waals surface area contributed by atoms with E-state index in [0.717, 1.165) is 4.90 Å². The van der Waals surface area contributed by atoms with Gasteiger partial charge in [-0.2, -0.15) is 0 Å². The molecule has 0 aromatic heterocycles. The van der Waals surface area contributed by atoms with E-state index in [4.69, 9.17) is 0 Å². The zero-order valence-corrected chi connectivity index (χ0v) is 24.4. The normalized spacial score (nSPS) is 14.4. The van der Waals surface area contributed by atoms with Gasteiger partial charge in [-0.1, -0.05) is 6.08 Å². The number of carboxylic acid groups (broad SMARTS) is 3. The predicted molar refractivity (Wildman–Crippen MR) is 87.1 cm³/mol. The number of carbonyl (C=O) groups excluding carboxylic acids is 3. The molecule has 0 spiro atoms. The van der Waals surface area contributed by atoms with Crippen molar-refractivity contribution in [3.8, 4) is 0 Å². The molecule has 0 saturated heterocycles. The van der Waals surface area contributed by atoms with Crippen LogP contribution in [0.15, 0.2) is 12.7 Å². The first-order chi connectivity index (χ1) is 12.0. The molecule has 0 aromatic rings. The van der Waals surface area contributed by atoms with Gasteiger partial charge in [0.2, 0.25) is 0 Å². The first-order valence-electron chi connectivity index (χ1n) is 8.44. The summed E-state index contributed by atoms with van der Waals surface area (Å²) in [6.07, 6.45) is 1.74. The molecule has 0 aliphatic heterocycles. The summed E-state index contributed by atoms with van der Waals surface area (Å²) in [5.74, 6) is -4.26. The van der Waals surface area contributed by atoms with E-state index in [1.54, 1.807) is 6.08 Å². The molecule has 1 N–H and O–H groups in total. The second-order valence-corrected chi connectivity index (χ2v) is 6.24. The standard InChI is InChI=1S/C17H30N2O7.3Na/c1-5-6-7-14(20)10-18(11(2)15(21)22)8-9-19(12(3)16(23)24)13(4)17(25)26;;;/h5,11-14,20H,1,6-10H2,2-4H3,(H,21,22)(H,23,24)(H,25,26);;;/q;3*+1/p-3. The van der Waals surface area contributed by atoms with Gasteiger partial charge in [-0.15, -0.1) is 6.58 Å². The Morgan fingerprint density at radius 3 is 1.66 bits per heavy atom. The maximum Gasteiger partial charge on any atom is 1.00 e. The molecular formula is C17H27N2Na3O7. The van der Waals surface area contributed by atoms with Crippen molar-refractivity contribution in [1.82, 2.24) is 9.80 Å². The molecule has 29 heavy (non-hydrogen) atoms. The van der Waals surface area contributed by atoms with E-state index in [1.165, 1.54) is 25.7 Å². The summed E-state index contributed by atoms with van der Waals surface area (Å²) in [5.41, 5.74) is 0. The summed E-state index contributed by atoms with van der Waals surface area (Å²) in [6, 6.07) is -3.48. The molecule has 150 valence electrons. The third kappa shape index (κ3) is 14.7. The number of carbonyl (C=O) groups is 3. The Hall–Kier alpha value is 1.03. The second-order valence-electron chi connectivity index (χ2n) is 6.24. The Balaban J connectivity index is -0.00000104. The van der Waals surface area contributed by atoms with Crippen molar-refractivity contribution in [2.24, 2.45) is 0 Å². The Kier molecular flexibility index (Phi) is 25.4. The Morgan fingerprint density at radius 1 is 0.897 bits per heavy atom. The zero-order chi connectivity index (χ0) is 20.4. The van der Waals surface area contributed by atoms with Crippen molar-refractivity contribution in [2.45, 2.75) is 57.8 Å². The van der Waals surface area contributed by atoms with Crippen LogP contribution < -0.4 is 104 Å². The molecule has 4 unspecified atom stereocenters. The fraction of sp³-hybridized carbons (Fsp3) is 0.706. The van der Waals surface area contributed by atoms with E-state index >= 15 is 0 Å². The number of aliphatic hydroxyl groups excluding tert-OH is 1. The summed E-state index contributed by atoms with van der Waals surface area (Å²) in [5, 5.41) is 43.4. The van der Waals surface area contributed by atoms with Gasteiger partial charge in [-0.3, -0.25) is 9.80 Å². The maximum absolute atomic E-state index is 11.2. The monoisotopic (exact) mass is 440 g/mol. The first-order valence-corrected chi connectivity index (χ1v) is 8.44. The fourth-order valence-corrected chi connectivity index (χ4v) is 2.50. The average Bonchev–Trinajstić information content (AvgIpc) is 2.57. The third-order valence-electron chi connectivity index (χ3n) is 4.36. The van der Waals surface area contributed by atoms with Gasteiger partial charge in [0.05, 0.1) is 24.0 Å². The van der Waals surface area contributed by atoms with E-state index in [2.05, 4.69) is 6.58 Å². The van der Waals surface area contributed by atoms with Crippen molar-refractivity contribution >= 4 is 17.9 Å². The van der Waals surface area contributed by atoms with Crippen LogP contribution in [0.3, 0.4) is 0 Å². The van der Waals surface area contributed by atoms with Crippen molar-refractivity contribution in [2.75, 3.05) is 19.6 Å². The molecule has 4 atom stereocenters. The Labute approximate surface area is 238 Å². The first kappa shape index (κ1) is 37.4. The van der Waals surface area contributed by atoms with Crippen molar-refractivity contribution < 1.29 is 123 Å². The van der Waals surface area contributed by atoms with Gasteiger partial charge < -0.3 is 34.8 Å². The van der Waals surface area contributed by atoms with Gasteiger partial charge in [-0.25, -0.2) is 0 Å². The van der Waals surface area contributed by atoms with Gasteiger partial charge in [0, 0.05) is 37.8 Å². The number of allylic oxidation sites excluding steroid dienone is 1. The smallest absolute Gasteiger partial charge is 0.548 e. The van der Waals surface area contributed by atoms with Gasteiger partial charge in [0.1, 0.15) is 0 Å². The van der Waals surface area contributed by atoms with Crippen LogP contribution in [0.2, 0.25) is 0 Å². The molecule has 0 aliphatic carbocycles. The van der Waals surface area contributed by atoms with Crippen LogP contribution >= 0.6 is 0 Å². The molecule has 0 aliphatic rings. The quantitative estimate of drug-likeness (QED) is 0.205. The van der Waals surface area contributed by atoms with E-state index in [-0.39, 0.29) is 108 Å². The van der Waals surface area contributed by atoms with Crippen LogP contribution in [-0.4, -0.2) is 76.7 Å². The van der Waals surface area contributed by atoms with Crippen molar-refractivity contribution in [3.05, 3.63) is 12.7 Å². The minimum atomic E-state index is -1.45. The van der Waals surface area contributed by atoms with Gasteiger partial charge in [-0.05, 0) is 33.6 Å². The largest absolute Gasteiger partial charge is 1.00 e. The van der Waals surface area contributed by atoms with Crippen LogP contribution in [0.25, 0.3) is 0 Å². The summed E-state index contributed by atoms with van der Waals surface area (Å²) >= 11 is 0.